The number of aryl methyl sites for hydroxylation is 1. The van der Waals surface area contributed by atoms with Crippen molar-refractivity contribution in [1.82, 2.24) is 0 Å². The molecule has 1 aromatic rings. The molecule has 0 heterocycles. The second kappa shape index (κ2) is 6.36. The summed E-state index contributed by atoms with van der Waals surface area (Å²) in [6.07, 6.45) is 4.51. The first-order valence-electron chi connectivity index (χ1n) is 4.91. The lowest BCUT2D eigenvalue weighted by Gasteiger charge is -2.07. The van der Waals surface area contributed by atoms with E-state index in [2.05, 4.69) is 0 Å². The van der Waals surface area contributed by atoms with Crippen molar-refractivity contribution in [2.24, 2.45) is 5.73 Å². The molecule has 0 aliphatic heterocycles. The van der Waals surface area contributed by atoms with E-state index in [1.807, 2.05) is 12.3 Å². The highest BCUT2D eigenvalue weighted by Gasteiger charge is 2.07. The van der Waals surface area contributed by atoms with Crippen LogP contribution >= 0.6 is 23.4 Å². The Morgan fingerprint density at radius 1 is 1.40 bits per heavy atom. The lowest BCUT2D eigenvalue weighted by atomic mass is 10.1. The summed E-state index contributed by atoms with van der Waals surface area (Å²) in [6.45, 7) is 0.657. The van der Waals surface area contributed by atoms with E-state index < -0.39 is 0 Å². The zero-order valence-corrected chi connectivity index (χ0v) is 10.3. The van der Waals surface area contributed by atoms with E-state index in [1.165, 1.54) is 17.8 Å². The fraction of sp³-hybridized carbons (Fsp3) is 0.455. The van der Waals surface area contributed by atoms with Crippen LogP contribution in [-0.2, 0) is 6.42 Å². The van der Waals surface area contributed by atoms with Crippen molar-refractivity contribution in [2.75, 3.05) is 12.8 Å². The van der Waals surface area contributed by atoms with Gasteiger partial charge in [-0.3, -0.25) is 0 Å². The van der Waals surface area contributed by atoms with E-state index in [0.717, 1.165) is 29.7 Å². The van der Waals surface area contributed by atoms with Crippen molar-refractivity contribution < 1.29 is 4.39 Å². The maximum atomic E-state index is 13.5. The van der Waals surface area contributed by atoms with Crippen LogP contribution in [0.1, 0.15) is 18.4 Å². The SMILES string of the molecule is CSc1cc(CCCCN)c(F)cc1Cl. The molecule has 1 nitrogen and oxygen atoms in total. The molecular weight excluding hydrogens is 233 g/mol. The van der Waals surface area contributed by atoms with Gasteiger partial charge in [0.2, 0.25) is 0 Å². The van der Waals surface area contributed by atoms with Gasteiger partial charge in [0.25, 0.3) is 0 Å². The molecule has 1 rings (SSSR count). The third-order valence-electron chi connectivity index (χ3n) is 2.22. The van der Waals surface area contributed by atoms with Gasteiger partial charge < -0.3 is 5.73 Å². The normalized spacial score (nSPS) is 10.7. The summed E-state index contributed by atoms with van der Waals surface area (Å²) in [5.41, 5.74) is 6.13. The summed E-state index contributed by atoms with van der Waals surface area (Å²) in [6, 6.07) is 3.23. The third-order valence-corrected chi connectivity index (χ3v) is 3.42. The van der Waals surface area contributed by atoms with Gasteiger partial charge in [-0.1, -0.05) is 11.6 Å². The summed E-state index contributed by atoms with van der Waals surface area (Å²) >= 11 is 7.42. The first-order valence-corrected chi connectivity index (χ1v) is 6.51. The lowest BCUT2D eigenvalue weighted by molar-refractivity contribution is 0.599. The molecule has 0 fully saturated rings. The minimum absolute atomic E-state index is 0.213. The molecule has 4 heteroatoms. The van der Waals surface area contributed by atoms with Gasteiger partial charge in [-0.25, -0.2) is 4.39 Å². The summed E-state index contributed by atoms with van der Waals surface area (Å²) in [7, 11) is 0. The third kappa shape index (κ3) is 3.67. The molecule has 15 heavy (non-hydrogen) atoms. The van der Waals surface area contributed by atoms with Gasteiger partial charge in [-0.15, -0.1) is 11.8 Å². The monoisotopic (exact) mass is 247 g/mol. The van der Waals surface area contributed by atoms with Gasteiger partial charge in [-0.2, -0.15) is 0 Å². The molecule has 0 aliphatic carbocycles. The zero-order valence-electron chi connectivity index (χ0n) is 8.72. The summed E-state index contributed by atoms with van der Waals surface area (Å²) in [5, 5.41) is 0.488. The summed E-state index contributed by atoms with van der Waals surface area (Å²) in [5.74, 6) is -0.213. The first kappa shape index (κ1) is 12.8. The molecule has 84 valence electrons. The second-order valence-corrected chi connectivity index (χ2v) is 4.58. The largest absolute Gasteiger partial charge is 0.330 e. The molecule has 2 N–H and O–H groups in total. The Labute approximate surface area is 99.2 Å². The number of rotatable bonds is 5. The molecule has 0 bridgehead atoms. The van der Waals surface area contributed by atoms with E-state index in [-0.39, 0.29) is 5.82 Å². The fourth-order valence-electron chi connectivity index (χ4n) is 1.38. The van der Waals surface area contributed by atoms with E-state index in [0.29, 0.717) is 11.6 Å². The quantitative estimate of drug-likeness (QED) is 0.637. The molecule has 0 unspecified atom stereocenters. The Kier molecular flexibility index (Phi) is 5.43. The van der Waals surface area contributed by atoms with Gasteiger partial charge in [0, 0.05) is 4.90 Å². The summed E-state index contributed by atoms with van der Waals surface area (Å²) in [4.78, 5) is 0.931. The smallest absolute Gasteiger partial charge is 0.127 e. The highest BCUT2D eigenvalue weighted by Crippen LogP contribution is 2.28. The van der Waals surface area contributed by atoms with Gasteiger partial charge in [0.15, 0.2) is 0 Å². The van der Waals surface area contributed by atoms with E-state index in [4.69, 9.17) is 17.3 Å². The number of thioether (sulfide) groups is 1. The Hall–Kier alpha value is -0.250. The predicted molar refractivity (Wildman–Crippen MR) is 65.2 cm³/mol. The molecule has 0 aromatic heterocycles. The van der Waals surface area contributed by atoms with Crippen LogP contribution in [-0.4, -0.2) is 12.8 Å². The van der Waals surface area contributed by atoms with Crippen LogP contribution < -0.4 is 5.73 Å². The second-order valence-electron chi connectivity index (χ2n) is 3.32. The van der Waals surface area contributed by atoms with Gasteiger partial charge in [0.1, 0.15) is 5.82 Å². The number of hydrogen-bond acceptors (Lipinski definition) is 2. The number of benzene rings is 1. The molecule has 0 saturated heterocycles. The van der Waals surface area contributed by atoms with Crippen LogP contribution in [0.4, 0.5) is 4.39 Å². The van der Waals surface area contributed by atoms with E-state index in [1.54, 1.807) is 0 Å². The van der Waals surface area contributed by atoms with Crippen LogP contribution in [0, 0.1) is 5.82 Å². The van der Waals surface area contributed by atoms with Crippen molar-refractivity contribution in [3.63, 3.8) is 0 Å². The van der Waals surface area contributed by atoms with Crippen molar-refractivity contribution in [3.05, 3.63) is 28.5 Å². The van der Waals surface area contributed by atoms with Gasteiger partial charge in [-0.05, 0) is 49.8 Å². The fourth-order valence-corrected chi connectivity index (χ4v) is 2.27. The molecule has 1 aromatic carbocycles. The zero-order chi connectivity index (χ0) is 11.3. The number of halogens is 2. The number of unbranched alkanes of at least 4 members (excludes halogenated alkanes) is 1. The Morgan fingerprint density at radius 2 is 2.13 bits per heavy atom. The maximum absolute atomic E-state index is 13.5. The highest BCUT2D eigenvalue weighted by molar-refractivity contribution is 7.98. The topological polar surface area (TPSA) is 26.0 Å². The maximum Gasteiger partial charge on any atom is 0.127 e. The highest BCUT2D eigenvalue weighted by atomic mass is 35.5. The first-order chi connectivity index (χ1) is 7.19. The molecule has 0 atom stereocenters. The van der Waals surface area contributed by atoms with Gasteiger partial charge in [0.05, 0.1) is 5.02 Å². The Bertz CT molecular complexity index is 331. The minimum Gasteiger partial charge on any atom is -0.330 e. The van der Waals surface area contributed by atoms with E-state index >= 15 is 0 Å². The molecule has 0 aliphatic rings. The van der Waals surface area contributed by atoms with Crippen LogP contribution in [0.3, 0.4) is 0 Å². The van der Waals surface area contributed by atoms with Crippen LogP contribution in [0.25, 0.3) is 0 Å². The minimum atomic E-state index is -0.213. The van der Waals surface area contributed by atoms with Crippen LogP contribution in [0.15, 0.2) is 17.0 Å². The van der Waals surface area contributed by atoms with Crippen molar-refractivity contribution in [1.29, 1.82) is 0 Å². The standard InChI is InChI=1S/C11H15ClFNS/c1-15-11-6-8(4-2-3-5-14)10(13)7-9(11)12/h6-7H,2-5,14H2,1H3. The molecule has 0 saturated carbocycles. The lowest BCUT2D eigenvalue weighted by Crippen LogP contribution is -2.00. The molecular formula is C11H15ClFNS. The average Bonchev–Trinajstić information content (AvgIpc) is 2.21. The average molecular weight is 248 g/mol. The Morgan fingerprint density at radius 3 is 2.73 bits per heavy atom. The van der Waals surface area contributed by atoms with E-state index in [9.17, 15) is 4.39 Å². The molecule has 0 spiro atoms. The number of nitrogens with two attached hydrogens (primary N) is 1. The Balaban J connectivity index is 2.78. The predicted octanol–water partition coefficient (Wildman–Crippen LogP) is 3.48. The summed E-state index contributed by atoms with van der Waals surface area (Å²) < 4.78 is 13.5. The molecule has 0 amide bonds. The van der Waals surface area contributed by atoms with Crippen molar-refractivity contribution in [2.45, 2.75) is 24.2 Å². The van der Waals surface area contributed by atoms with Crippen molar-refractivity contribution in [3.8, 4) is 0 Å². The molecule has 0 radical (unpaired) electrons. The van der Waals surface area contributed by atoms with Gasteiger partial charge >= 0.3 is 0 Å². The number of hydrogen-bond donors (Lipinski definition) is 1. The van der Waals surface area contributed by atoms with Crippen molar-refractivity contribution >= 4 is 23.4 Å². The van der Waals surface area contributed by atoms with Crippen LogP contribution in [0.5, 0.6) is 0 Å². The van der Waals surface area contributed by atoms with Crippen LogP contribution in [0.2, 0.25) is 5.02 Å².